The minimum absolute atomic E-state index is 0. The molecule has 1 radical (unpaired) electrons. The third-order valence-corrected chi connectivity index (χ3v) is 1.17. The van der Waals surface area contributed by atoms with Gasteiger partial charge < -0.3 is 51.8 Å². The second-order valence-corrected chi connectivity index (χ2v) is 3.49. The molecule has 26 heavy (non-hydrogen) atoms. The van der Waals surface area contributed by atoms with E-state index in [4.69, 9.17) is 0 Å². The topological polar surface area (TPSA) is 0 Å². The maximum Gasteiger partial charge on any atom is 5.00 e. The first-order chi connectivity index (χ1) is 11.0. The predicted molar refractivity (Wildman–Crippen MR) is 73.7 cm³/mol. The zero-order valence-electron chi connectivity index (χ0n) is 12.5. The maximum absolute atomic E-state index is 9.75. The van der Waals surface area contributed by atoms with Crippen LogP contribution in [0.4, 0.5) is 51.8 Å². The fourth-order valence-corrected chi connectivity index (χ4v) is 0.680. The number of halogens is 12. The molecule has 0 unspecified atom stereocenters. The Hall–Kier alpha value is -1.17. The Kier molecular flexibility index (Phi) is 21.6. The van der Waals surface area contributed by atoms with Crippen LogP contribution in [-0.4, -0.2) is 21.8 Å². The molecule has 0 heterocycles. The van der Waals surface area contributed by atoms with Crippen LogP contribution in [-0.2, 0) is 17.1 Å². The van der Waals surface area contributed by atoms with E-state index in [0.717, 1.165) is 12.8 Å². The largest absolute Gasteiger partial charge is 5.00 e. The molecular formula is C10H10B3F12Fe. The number of allylic oxidation sites excluding steroid dienone is 8. The average molecular weight is 446 g/mol. The summed E-state index contributed by atoms with van der Waals surface area (Å²) in [6, 6.07) is 0. The maximum atomic E-state index is 9.75. The van der Waals surface area contributed by atoms with Crippen molar-refractivity contribution < 1.29 is 68.9 Å². The third-order valence-electron chi connectivity index (χ3n) is 1.17. The standard InChI is InChI=1S/2C5H5.3BF4.Fe/c2*1-2-4-5-3-1;3*2-1(3,4)5;/h2*1-3H,4H2;;;;/q5*-1;+5. The van der Waals surface area contributed by atoms with Gasteiger partial charge in [0.25, 0.3) is 0 Å². The van der Waals surface area contributed by atoms with Gasteiger partial charge in [-0.15, -0.1) is 12.8 Å². The second kappa shape index (κ2) is 17.3. The van der Waals surface area contributed by atoms with Gasteiger partial charge >= 0.3 is 38.8 Å². The molecule has 2 aliphatic rings. The van der Waals surface area contributed by atoms with E-state index in [-0.39, 0.29) is 17.1 Å². The molecule has 0 bridgehead atoms. The average Bonchev–Trinajstić information content (AvgIpc) is 3.02. The number of hydrogen-bond donors (Lipinski definition) is 0. The summed E-state index contributed by atoms with van der Waals surface area (Å²) in [5.41, 5.74) is 0. The van der Waals surface area contributed by atoms with E-state index in [2.05, 4.69) is 24.3 Å². The normalized spacial score (nSPS) is 13.7. The van der Waals surface area contributed by atoms with Crippen molar-refractivity contribution in [2.24, 2.45) is 0 Å². The van der Waals surface area contributed by atoms with Gasteiger partial charge in [0.2, 0.25) is 0 Å². The van der Waals surface area contributed by atoms with Crippen LogP contribution in [0.1, 0.15) is 12.8 Å². The molecule has 0 nitrogen and oxygen atoms in total. The first-order valence-electron chi connectivity index (χ1n) is 6.05. The summed E-state index contributed by atoms with van der Waals surface area (Å²) >= 11 is 0. The van der Waals surface area contributed by atoms with Crippen LogP contribution in [0, 0.1) is 12.2 Å². The van der Waals surface area contributed by atoms with Crippen molar-refractivity contribution in [3.63, 3.8) is 0 Å². The molecule has 0 N–H and O–H groups in total. The summed E-state index contributed by atoms with van der Waals surface area (Å²) in [6.07, 6.45) is 20.0. The summed E-state index contributed by atoms with van der Waals surface area (Å²) < 4.78 is 117. The number of rotatable bonds is 0. The molecule has 0 spiro atoms. The molecule has 2 aliphatic carbocycles. The van der Waals surface area contributed by atoms with Crippen LogP contribution in [0.3, 0.4) is 0 Å². The minimum Gasteiger partial charge on any atom is -0.418 e. The Labute approximate surface area is 152 Å². The molecule has 0 aliphatic heterocycles. The Morgan fingerprint density at radius 2 is 0.692 bits per heavy atom. The van der Waals surface area contributed by atoms with Crippen molar-refractivity contribution in [3.8, 4) is 0 Å². The zero-order chi connectivity index (χ0) is 20.6. The molecule has 0 atom stereocenters. The Morgan fingerprint density at radius 1 is 0.500 bits per heavy atom. The van der Waals surface area contributed by atoms with E-state index in [9.17, 15) is 51.8 Å². The van der Waals surface area contributed by atoms with Gasteiger partial charge in [-0.05, 0) is 0 Å². The fourth-order valence-electron chi connectivity index (χ4n) is 0.680. The van der Waals surface area contributed by atoms with Crippen molar-refractivity contribution in [2.45, 2.75) is 12.8 Å². The van der Waals surface area contributed by atoms with Gasteiger partial charge in [-0.2, -0.15) is 12.2 Å². The summed E-state index contributed by atoms with van der Waals surface area (Å²) in [6.45, 7) is 0. The van der Waals surface area contributed by atoms with Crippen LogP contribution >= 0.6 is 0 Å². The molecule has 0 saturated carbocycles. The van der Waals surface area contributed by atoms with Gasteiger partial charge in [-0.25, -0.2) is 24.3 Å². The molecule has 0 saturated heterocycles. The van der Waals surface area contributed by atoms with Crippen LogP contribution in [0.2, 0.25) is 0 Å². The van der Waals surface area contributed by atoms with E-state index in [1.165, 1.54) is 0 Å². The van der Waals surface area contributed by atoms with Crippen LogP contribution in [0.15, 0.2) is 36.5 Å². The zero-order valence-corrected chi connectivity index (χ0v) is 13.6. The minimum atomic E-state index is -6.00. The Bertz CT molecular complexity index is 334. The predicted octanol–water partition coefficient (Wildman–Crippen LogP) is 6.51. The Morgan fingerprint density at radius 3 is 0.731 bits per heavy atom. The molecule has 0 fully saturated rings. The molecule has 0 aromatic carbocycles. The smallest absolute Gasteiger partial charge is 0.418 e. The molecule has 2 rings (SSSR count). The van der Waals surface area contributed by atoms with E-state index in [1.807, 2.05) is 24.3 Å². The van der Waals surface area contributed by atoms with Gasteiger partial charge in [-0.3, -0.25) is 12.2 Å². The van der Waals surface area contributed by atoms with E-state index in [0.29, 0.717) is 0 Å². The summed E-state index contributed by atoms with van der Waals surface area (Å²) in [7, 11) is -18.0. The molecule has 151 valence electrons. The van der Waals surface area contributed by atoms with Crippen molar-refractivity contribution >= 4 is 21.8 Å². The first-order valence-corrected chi connectivity index (χ1v) is 6.05. The monoisotopic (exact) mass is 447 g/mol. The van der Waals surface area contributed by atoms with Crippen molar-refractivity contribution in [2.75, 3.05) is 0 Å². The van der Waals surface area contributed by atoms with Gasteiger partial charge in [0, 0.05) is 0 Å². The molecule has 16 heteroatoms. The molecule has 0 amide bonds. The molecule has 0 aromatic rings. The number of hydrogen-bond acceptors (Lipinski definition) is 0. The first kappa shape index (κ1) is 32.5. The van der Waals surface area contributed by atoms with Crippen LogP contribution in [0.5, 0.6) is 0 Å². The van der Waals surface area contributed by atoms with E-state index >= 15 is 0 Å². The van der Waals surface area contributed by atoms with E-state index in [1.54, 1.807) is 0 Å². The molecule has 0 aromatic heterocycles. The van der Waals surface area contributed by atoms with Gasteiger partial charge in [0.1, 0.15) is 0 Å². The quantitative estimate of drug-likeness (QED) is 0.226. The SMILES string of the molecule is F[B-](F)(F)F.F[B-](F)(F)F.F[B-](F)(F)F.[C-]1=CC=CC1.[C-]1=CC=CC1.[Fe+5]. The third kappa shape index (κ3) is 139. The van der Waals surface area contributed by atoms with Gasteiger partial charge in [0.05, 0.1) is 0 Å². The van der Waals surface area contributed by atoms with Crippen molar-refractivity contribution in [3.05, 3.63) is 48.6 Å². The summed E-state index contributed by atoms with van der Waals surface area (Å²) in [5.74, 6) is 0. The van der Waals surface area contributed by atoms with Crippen molar-refractivity contribution in [1.82, 2.24) is 0 Å². The van der Waals surface area contributed by atoms with Gasteiger partial charge in [0.15, 0.2) is 0 Å². The fraction of sp³-hybridized carbons (Fsp3) is 0.200. The van der Waals surface area contributed by atoms with E-state index < -0.39 is 21.8 Å². The van der Waals surface area contributed by atoms with Crippen molar-refractivity contribution in [1.29, 1.82) is 0 Å². The second-order valence-electron chi connectivity index (χ2n) is 3.49. The van der Waals surface area contributed by atoms with Crippen LogP contribution in [0.25, 0.3) is 0 Å². The Balaban J connectivity index is -0.000000115. The summed E-state index contributed by atoms with van der Waals surface area (Å²) in [4.78, 5) is 0. The molecular weight excluding hydrogens is 436 g/mol. The van der Waals surface area contributed by atoms with Gasteiger partial charge in [-0.1, -0.05) is 0 Å². The summed E-state index contributed by atoms with van der Waals surface area (Å²) in [5, 5.41) is 0. The van der Waals surface area contributed by atoms with Crippen LogP contribution < -0.4 is 0 Å².